The van der Waals surface area contributed by atoms with E-state index in [-0.39, 0.29) is 6.61 Å². The number of nitrogens with zero attached hydrogens (tertiary/aromatic N) is 1. The Morgan fingerprint density at radius 2 is 1.45 bits per heavy atom. The van der Waals surface area contributed by atoms with Gasteiger partial charge in [0.25, 0.3) is 0 Å². The summed E-state index contributed by atoms with van der Waals surface area (Å²) < 4.78 is 27.9. The van der Waals surface area contributed by atoms with Crippen LogP contribution >= 0.6 is 0 Å². The van der Waals surface area contributed by atoms with Crippen molar-refractivity contribution in [2.75, 3.05) is 40.5 Å². The van der Waals surface area contributed by atoms with E-state index in [4.69, 9.17) is 43.2 Å². The van der Waals surface area contributed by atoms with Crippen molar-refractivity contribution in [2.24, 2.45) is 0 Å². The molecule has 3 rings (SSSR count). The van der Waals surface area contributed by atoms with Crippen molar-refractivity contribution in [1.29, 1.82) is 0 Å². The number of methoxy groups -OCH3 is 2. The Morgan fingerprint density at radius 1 is 0.868 bits per heavy atom. The molecule has 1 heterocycles. The Bertz CT molecular complexity index is 1190. The molecule has 206 valence electrons. The molecule has 1 aromatic heterocycles. The molecular weight excluding hydrogens is 498 g/mol. The molecule has 0 aliphatic carbocycles. The summed E-state index contributed by atoms with van der Waals surface area (Å²) in [5, 5.41) is 15.4. The van der Waals surface area contributed by atoms with E-state index in [0.717, 1.165) is 31.8 Å². The van der Waals surface area contributed by atoms with Gasteiger partial charge in [-0.15, -0.1) is 0 Å². The molecule has 38 heavy (non-hydrogen) atoms. The number of hydrogen-bond donors (Lipinski definition) is 2. The number of carbonyl (C=O) groups is 3. The Morgan fingerprint density at radius 3 is 2.00 bits per heavy atom. The molecule has 0 amide bonds. The van der Waals surface area contributed by atoms with Gasteiger partial charge in [-0.2, -0.15) is 0 Å². The van der Waals surface area contributed by atoms with Crippen molar-refractivity contribution in [1.82, 2.24) is 4.90 Å². The minimum atomic E-state index is -1.82. The van der Waals surface area contributed by atoms with Crippen LogP contribution in [0.2, 0.25) is 0 Å². The molecule has 11 heteroatoms. The number of carboxylic acids is 2. The SMILES string of the molecule is CCN(CC)CCCOC(=O)c1c(COc2ccc(OC)cc2)oc2ccc(OC)cc12.O=C(O)C(=O)O. The third kappa shape index (κ3) is 8.70. The highest BCUT2D eigenvalue weighted by molar-refractivity contribution is 6.27. The Kier molecular flexibility index (Phi) is 11.9. The molecule has 0 aliphatic rings. The normalized spacial score (nSPS) is 10.4. The van der Waals surface area contributed by atoms with Gasteiger partial charge in [-0.05, 0) is 62.0 Å². The highest BCUT2D eigenvalue weighted by atomic mass is 16.5. The first-order valence-electron chi connectivity index (χ1n) is 12.0. The highest BCUT2D eigenvalue weighted by Gasteiger charge is 2.23. The second-order valence-corrected chi connectivity index (χ2v) is 7.85. The number of ether oxygens (including phenoxy) is 4. The second-order valence-electron chi connectivity index (χ2n) is 7.85. The monoisotopic (exact) mass is 531 g/mol. The van der Waals surface area contributed by atoms with Gasteiger partial charge in [-0.25, -0.2) is 14.4 Å². The second kappa shape index (κ2) is 15.1. The minimum Gasteiger partial charge on any atom is -0.497 e. The zero-order chi connectivity index (χ0) is 28.1. The van der Waals surface area contributed by atoms with E-state index in [9.17, 15) is 4.79 Å². The Balaban J connectivity index is 0.000000757. The predicted octanol–water partition coefficient (Wildman–Crippen LogP) is 4.07. The van der Waals surface area contributed by atoms with Gasteiger partial charge in [0.15, 0.2) is 5.76 Å². The van der Waals surface area contributed by atoms with Crippen molar-refractivity contribution in [3.63, 3.8) is 0 Å². The molecule has 0 atom stereocenters. The van der Waals surface area contributed by atoms with E-state index in [2.05, 4.69) is 18.7 Å². The standard InChI is InChI=1S/C25H31NO6.C2H2O4/c1-5-26(6-2)14-7-15-30-25(27)24-21-16-20(29-4)12-13-22(21)32-23(24)17-31-19-10-8-18(28-3)9-11-19;3-1(4)2(5)6/h8-13,16H,5-7,14-15,17H2,1-4H3;(H,3,4)(H,5,6). The lowest BCUT2D eigenvalue weighted by Gasteiger charge is -2.17. The molecule has 3 aromatic rings. The molecule has 0 saturated carbocycles. The fourth-order valence-electron chi connectivity index (χ4n) is 3.47. The maximum Gasteiger partial charge on any atom is 0.414 e. The summed E-state index contributed by atoms with van der Waals surface area (Å²) in [7, 11) is 3.19. The van der Waals surface area contributed by atoms with Crippen LogP contribution in [0.4, 0.5) is 0 Å². The topological polar surface area (TPSA) is 145 Å². The van der Waals surface area contributed by atoms with Gasteiger partial charge in [0.1, 0.15) is 35.0 Å². The number of fused-ring (bicyclic) bond motifs is 1. The van der Waals surface area contributed by atoms with Gasteiger partial charge in [-0.3, -0.25) is 0 Å². The van der Waals surface area contributed by atoms with Gasteiger partial charge in [0, 0.05) is 11.9 Å². The van der Waals surface area contributed by atoms with Crippen molar-refractivity contribution in [2.45, 2.75) is 26.9 Å². The molecule has 0 spiro atoms. The molecule has 0 unspecified atom stereocenters. The van der Waals surface area contributed by atoms with E-state index >= 15 is 0 Å². The van der Waals surface area contributed by atoms with Crippen LogP contribution in [0.1, 0.15) is 36.4 Å². The number of aliphatic carboxylic acids is 2. The first-order valence-corrected chi connectivity index (χ1v) is 12.0. The molecule has 0 aliphatic heterocycles. The zero-order valence-corrected chi connectivity index (χ0v) is 21.9. The van der Waals surface area contributed by atoms with Crippen LogP contribution < -0.4 is 14.2 Å². The molecule has 0 saturated heterocycles. The van der Waals surface area contributed by atoms with Gasteiger partial charge in [-0.1, -0.05) is 13.8 Å². The van der Waals surface area contributed by atoms with E-state index in [1.54, 1.807) is 44.6 Å². The van der Waals surface area contributed by atoms with E-state index in [1.807, 2.05) is 12.1 Å². The first kappa shape index (κ1) is 30.0. The van der Waals surface area contributed by atoms with E-state index in [0.29, 0.717) is 40.4 Å². The van der Waals surface area contributed by atoms with Crippen molar-refractivity contribution in [3.05, 3.63) is 53.8 Å². The predicted molar refractivity (Wildman–Crippen MR) is 138 cm³/mol. The van der Waals surface area contributed by atoms with Gasteiger partial charge in [0.05, 0.1) is 20.8 Å². The summed E-state index contributed by atoms with van der Waals surface area (Å²) in [4.78, 5) is 33.5. The van der Waals surface area contributed by atoms with E-state index in [1.165, 1.54) is 0 Å². The summed E-state index contributed by atoms with van der Waals surface area (Å²) in [6.07, 6.45) is 0.768. The third-order valence-corrected chi connectivity index (χ3v) is 5.53. The van der Waals surface area contributed by atoms with Crippen LogP contribution in [0.5, 0.6) is 17.2 Å². The molecule has 0 bridgehead atoms. The van der Waals surface area contributed by atoms with Crippen LogP contribution in [0, 0.1) is 0 Å². The maximum absolute atomic E-state index is 13.0. The van der Waals surface area contributed by atoms with Gasteiger partial charge >= 0.3 is 17.9 Å². The Labute approximate surface area is 220 Å². The summed E-state index contributed by atoms with van der Waals surface area (Å²) in [5.41, 5.74) is 0.949. The molecular formula is C27H33NO10. The highest BCUT2D eigenvalue weighted by Crippen LogP contribution is 2.31. The lowest BCUT2D eigenvalue weighted by Crippen LogP contribution is -2.25. The van der Waals surface area contributed by atoms with Crippen molar-refractivity contribution >= 4 is 28.9 Å². The Hall–Kier alpha value is -4.25. The average Bonchev–Trinajstić information content (AvgIpc) is 3.30. The molecule has 0 radical (unpaired) electrons. The number of rotatable bonds is 12. The quantitative estimate of drug-likeness (QED) is 0.198. The van der Waals surface area contributed by atoms with Crippen molar-refractivity contribution < 1.29 is 48.0 Å². The third-order valence-electron chi connectivity index (χ3n) is 5.53. The number of carboxylic acid groups (broad SMARTS) is 2. The first-order chi connectivity index (χ1) is 18.2. The maximum atomic E-state index is 13.0. The van der Waals surface area contributed by atoms with Crippen molar-refractivity contribution in [3.8, 4) is 17.2 Å². The summed E-state index contributed by atoms with van der Waals surface area (Å²) >= 11 is 0. The lowest BCUT2D eigenvalue weighted by molar-refractivity contribution is -0.159. The molecule has 2 aromatic carbocycles. The lowest BCUT2D eigenvalue weighted by atomic mass is 10.1. The largest absolute Gasteiger partial charge is 0.497 e. The smallest absolute Gasteiger partial charge is 0.414 e. The molecule has 11 nitrogen and oxygen atoms in total. The molecule has 2 N–H and O–H groups in total. The fourth-order valence-corrected chi connectivity index (χ4v) is 3.47. The minimum absolute atomic E-state index is 0.0905. The average molecular weight is 532 g/mol. The van der Waals surface area contributed by atoms with Gasteiger partial charge < -0.3 is 38.5 Å². The van der Waals surface area contributed by atoms with Crippen LogP contribution in [0.25, 0.3) is 11.0 Å². The number of furan rings is 1. The fraction of sp³-hybridized carbons (Fsp3) is 0.370. The number of esters is 1. The number of benzene rings is 2. The van der Waals surface area contributed by atoms with E-state index < -0.39 is 17.9 Å². The van der Waals surface area contributed by atoms with Crippen LogP contribution in [0.3, 0.4) is 0 Å². The zero-order valence-electron chi connectivity index (χ0n) is 21.9. The summed E-state index contributed by atoms with van der Waals surface area (Å²) in [6, 6.07) is 12.6. The number of carbonyl (C=O) groups excluding carboxylic acids is 1. The molecule has 0 fully saturated rings. The van der Waals surface area contributed by atoms with Crippen LogP contribution in [-0.4, -0.2) is 73.5 Å². The summed E-state index contributed by atoms with van der Waals surface area (Å²) in [6.45, 7) is 7.50. The number of hydrogen-bond acceptors (Lipinski definition) is 9. The summed E-state index contributed by atoms with van der Waals surface area (Å²) in [5.74, 6) is -1.64. The van der Waals surface area contributed by atoms with Crippen LogP contribution in [-0.2, 0) is 20.9 Å². The van der Waals surface area contributed by atoms with Gasteiger partial charge in [0.2, 0.25) is 0 Å². The van der Waals surface area contributed by atoms with Crippen LogP contribution in [0.15, 0.2) is 46.9 Å².